The average Bonchev–Trinajstić information content (AvgIpc) is 2.65. The summed E-state index contributed by atoms with van der Waals surface area (Å²) in [5.74, 6) is -1.46. The van der Waals surface area contributed by atoms with E-state index in [-0.39, 0.29) is 23.0 Å². The first-order chi connectivity index (χ1) is 8.92. The van der Waals surface area contributed by atoms with Crippen LogP contribution in [0.1, 0.15) is 39.4 Å². The molecule has 0 aromatic carbocycles. The lowest BCUT2D eigenvalue weighted by Gasteiger charge is -2.03. The summed E-state index contributed by atoms with van der Waals surface area (Å²) in [4.78, 5) is 34.9. The largest absolute Gasteiger partial charge is 0.465 e. The van der Waals surface area contributed by atoms with Gasteiger partial charge in [0.2, 0.25) is 5.91 Å². The number of anilines is 1. The van der Waals surface area contributed by atoms with E-state index < -0.39 is 11.9 Å². The van der Waals surface area contributed by atoms with Crippen molar-refractivity contribution in [3.8, 4) is 0 Å². The summed E-state index contributed by atoms with van der Waals surface area (Å²) in [6.07, 6.45) is 0. The third kappa shape index (κ3) is 3.31. The Bertz CT molecular complexity index is 520. The number of carbonyl (C=O) groups is 3. The number of nitrogens with one attached hydrogen (secondary N) is 1. The molecule has 0 aliphatic carbocycles. The lowest BCUT2D eigenvalue weighted by Crippen LogP contribution is -2.10. The number of amides is 1. The Labute approximate surface area is 114 Å². The zero-order valence-corrected chi connectivity index (χ0v) is 12.0. The molecule has 1 aromatic heterocycles. The molecule has 0 radical (unpaired) electrons. The molecule has 0 atom stereocenters. The van der Waals surface area contributed by atoms with Gasteiger partial charge >= 0.3 is 11.9 Å². The van der Waals surface area contributed by atoms with Crippen molar-refractivity contribution in [2.24, 2.45) is 0 Å². The summed E-state index contributed by atoms with van der Waals surface area (Å²) in [5, 5.41) is 2.81. The first-order valence-electron chi connectivity index (χ1n) is 5.58. The van der Waals surface area contributed by atoms with Gasteiger partial charge in [0.25, 0.3) is 0 Å². The fraction of sp³-hybridized carbons (Fsp3) is 0.417. The number of thiophene rings is 1. The molecule has 1 rings (SSSR count). The van der Waals surface area contributed by atoms with E-state index in [9.17, 15) is 14.4 Å². The van der Waals surface area contributed by atoms with Gasteiger partial charge in [0.05, 0.1) is 19.3 Å². The standard InChI is InChI=1S/C12H15NO5S/c1-5-18-12(16)9-6(2)8(11(15)17-4)10(19-9)13-7(3)14/h5H2,1-4H3,(H,13,14). The Kier molecular flexibility index (Phi) is 5.05. The lowest BCUT2D eigenvalue weighted by atomic mass is 10.1. The summed E-state index contributed by atoms with van der Waals surface area (Å²) in [6.45, 7) is 4.86. The minimum atomic E-state index is -0.604. The van der Waals surface area contributed by atoms with Gasteiger partial charge in [-0.3, -0.25) is 4.79 Å². The molecule has 0 bridgehead atoms. The van der Waals surface area contributed by atoms with Gasteiger partial charge in [-0.25, -0.2) is 9.59 Å². The Morgan fingerprint density at radius 2 is 1.89 bits per heavy atom. The van der Waals surface area contributed by atoms with Crippen LogP contribution in [0.5, 0.6) is 0 Å². The zero-order valence-electron chi connectivity index (χ0n) is 11.2. The molecule has 104 valence electrons. The van der Waals surface area contributed by atoms with Crippen LogP contribution >= 0.6 is 11.3 Å². The van der Waals surface area contributed by atoms with Gasteiger partial charge in [0, 0.05) is 6.92 Å². The molecule has 0 unspecified atom stereocenters. The maximum atomic E-state index is 11.8. The van der Waals surface area contributed by atoms with Crippen LogP contribution < -0.4 is 5.32 Å². The van der Waals surface area contributed by atoms with Crippen molar-refractivity contribution in [2.75, 3.05) is 19.0 Å². The number of esters is 2. The van der Waals surface area contributed by atoms with Gasteiger partial charge < -0.3 is 14.8 Å². The average molecular weight is 285 g/mol. The van der Waals surface area contributed by atoms with Crippen molar-refractivity contribution < 1.29 is 23.9 Å². The topological polar surface area (TPSA) is 81.7 Å². The van der Waals surface area contributed by atoms with E-state index in [2.05, 4.69) is 10.1 Å². The minimum absolute atomic E-state index is 0.186. The second-order valence-electron chi connectivity index (χ2n) is 3.65. The third-order valence-corrected chi connectivity index (χ3v) is 3.47. The Morgan fingerprint density at radius 3 is 2.37 bits per heavy atom. The number of hydrogen-bond acceptors (Lipinski definition) is 6. The fourth-order valence-corrected chi connectivity index (χ4v) is 2.64. The molecule has 0 saturated heterocycles. The number of rotatable bonds is 4. The predicted molar refractivity (Wildman–Crippen MR) is 70.7 cm³/mol. The minimum Gasteiger partial charge on any atom is -0.465 e. The van der Waals surface area contributed by atoms with Crippen LogP contribution in [0.15, 0.2) is 0 Å². The maximum Gasteiger partial charge on any atom is 0.348 e. The first-order valence-corrected chi connectivity index (χ1v) is 6.40. The molecule has 0 spiro atoms. The van der Waals surface area contributed by atoms with Crippen LogP contribution in [-0.4, -0.2) is 31.6 Å². The van der Waals surface area contributed by atoms with Gasteiger partial charge in [0.15, 0.2) is 0 Å². The van der Waals surface area contributed by atoms with E-state index in [1.807, 2.05) is 0 Å². The number of methoxy groups -OCH3 is 1. The van der Waals surface area contributed by atoms with Gasteiger partial charge in [-0.2, -0.15) is 0 Å². The molecule has 1 amide bonds. The summed E-state index contributed by atoms with van der Waals surface area (Å²) >= 11 is 0.999. The second kappa shape index (κ2) is 6.33. The van der Waals surface area contributed by atoms with Crippen LogP contribution in [0.25, 0.3) is 0 Å². The van der Waals surface area contributed by atoms with Gasteiger partial charge in [-0.05, 0) is 19.4 Å². The number of hydrogen-bond donors (Lipinski definition) is 1. The van der Waals surface area contributed by atoms with E-state index in [1.54, 1.807) is 13.8 Å². The van der Waals surface area contributed by atoms with Crippen LogP contribution in [0.4, 0.5) is 5.00 Å². The zero-order chi connectivity index (χ0) is 14.6. The molecule has 6 nitrogen and oxygen atoms in total. The van der Waals surface area contributed by atoms with E-state index in [0.717, 1.165) is 11.3 Å². The molecular formula is C12H15NO5S. The fourth-order valence-electron chi connectivity index (χ4n) is 1.50. The van der Waals surface area contributed by atoms with Crippen LogP contribution in [0, 0.1) is 6.92 Å². The smallest absolute Gasteiger partial charge is 0.348 e. The van der Waals surface area contributed by atoms with E-state index in [0.29, 0.717) is 10.6 Å². The van der Waals surface area contributed by atoms with Gasteiger partial charge in [-0.15, -0.1) is 11.3 Å². The second-order valence-corrected chi connectivity index (χ2v) is 4.67. The van der Waals surface area contributed by atoms with Crippen LogP contribution in [-0.2, 0) is 14.3 Å². The highest BCUT2D eigenvalue weighted by Crippen LogP contribution is 2.34. The summed E-state index contributed by atoms with van der Waals surface area (Å²) in [5.41, 5.74) is 0.629. The Morgan fingerprint density at radius 1 is 1.26 bits per heavy atom. The normalized spacial score (nSPS) is 9.89. The summed E-state index contributed by atoms with van der Waals surface area (Å²) in [7, 11) is 1.24. The van der Waals surface area contributed by atoms with Crippen molar-refractivity contribution in [3.63, 3.8) is 0 Å². The Balaban J connectivity index is 3.29. The molecule has 0 aliphatic rings. The third-order valence-electron chi connectivity index (χ3n) is 2.29. The van der Waals surface area contributed by atoms with Gasteiger partial charge in [-0.1, -0.05) is 0 Å². The summed E-state index contributed by atoms with van der Waals surface area (Å²) in [6, 6.07) is 0. The molecule has 0 saturated carbocycles. The van der Waals surface area contributed by atoms with Crippen molar-refractivity contribution >= 4 is 34.2 Å². The molecule has 19 heavy (non-hydrogen) atoms. The SMILES string of the molecule is CCOC(=O)c1sc(NC(C)=O)c(C(=O)OC)c1C. The first kappa shape index (κ1) is 15.2. The predicted octanol–water partition coefficient (Wildman–Crippen LogP) is 1.98. The Hall–Kier alpha value is -1.89. The molecule has 1 N–H and O–H groups in total. The quantitative estimate of drug-likeness (QED) is 0.855. The highest BCUT2D eigenvalue weighted by Gasteiger charge is 2.26. The van der Waals surface area contributed by atoms with E-state index >= 15 is 0 Å². The van der Waals surface area contributed by atoms with Crippen molar-refractivity contribution in [1.82, 2.24) is 0 Å². The molecule has 0 aliphatic heterocycles. The monoisotopic (exact) mass is 285 g/mol. The lowest BCUT2D eigenvalue weighted by molar-refractivity contribution is -0.114. The van der Waals surface area contributed by atoms with Crippen LogP contribution in [0.2, 0.25) is 0 Å². The highest BCUT2D eigenvalue weighted by molar-refractivity contribution is 7.18. The molecule has 0 fully saturated rings. The molecule has 7 heteroatoms. The number of carbonyl (C=O) groups excluding carboxylic acids is 3. The van der Waals surface area contributed by atoms with Crippen molar-refractivity contribution in [1.29, 1.82) is 0 Å². The number of ether oxygens (including phenoxy) is 2. The van der Waals surface area contributed by atoms with Crippen molar-refractivity contribution in [2.45, 2.75) is 20.8 Å². The molecular weight excluding hydrogens is 270 g/mol. The molecule has 1 heterocycles. The van der Waals surface area contributed by atoms with Crippen molar-refractivity contribution in [3.05, 3.63) is 16.0 Å². The van der Waals surface area contributed by atoms with E-state index in [1.165, 1.54) is 14.0 Å². The van der Waals surface area contributed by atoms with Crippen LogP contribution in [0.3, 0.4) is 0 Å². The highest BCUT2D eigenvalue weighted by atomic mass is 32.1. The maximum absolute atomic E-state index is 11.8. The van der Waals surface area contributed by atoms with E-state index in [4.69, 9.17) is 4.74 Å². The summed E-state index contributed by atoms with van der Waals surface area (Å²) < 4.78 is 9.56. The molecule has 1 aromatic rings. The van der Waals surface area contributed by atoms with Gasteiger partial charge in [0.1, 0.15) is 9.88 Å².